The van der Waals surface area contributed by atoms with Crippen molar-refractivity contribution in [1.29, 1.82) is 0 Å². The highest BCUT2D eigenvalue weighted by molar-refractivity contribution is 5.90. The Hall–Kier alpha value is -4.83. The lowest BCUT2D eigenvalue weighted by atomic mass is 9.92. The van der Waals surface area contributed by atoms with E-state index in [0.717, 1.165) is 38.2 Å². The molecule has 0 amide bonds. The Morgan fingerprint density at radius 2 is 1.18 bits per heavy atom. The molecule has 38 heavy (non-hydrogen) atoms. The summed E-state index contributed by atoms with van der Waals surface area (Å²) in [5.41, 5.74) is 2.93. The van der Waals surface area contributed by atoms with Crippen molar-refractivity contribution >= 4 is 27.5 Å². The number of nitrogens with one attached hydrogen (secondary N) is 1. The van der Waals surface area contributed by atoms with Crippen molar-refractivity contribution in [1.82, 2.24) is 4.98 Å². The van der Waals surface area contributed by atoms with Gasteiger partial charge < -0.3 is 14.8 Å². The first-order valence-corrected chi connectivity index (χ1v) is 12.7. The lowest BCUT2D eigenvalue weighted by molar-refractivity contribution is -0.147. The second kappa shape index (κ2) is 11.9. The second-order valence-corrected chi connectivity index (χ2v) is 9.06. The normalized spacial score (nSPS) is 10.8. The molecule has 0 saturated heterocycles. The Labute approximate surface area is 222 Å². The largest absolute Gasteiger partial charge is 0.508 e. The summed E-state index contributed by atoms with van der Waals surface area (Å²) in [6.07, 6.45) is 4.04. The summed E-state index contributed by atoms with van der Waals surface area (Å²) < 4.78 is 6.20. The molecule has 0 unspecified atom stereocenters. The van der Waals surface area contributed by atoms with Crippen LogP contribution in [0.2, 0.25) is 0 Å². The van der Waals surface area contributed by atoms with Crippen LogP contribution in [0.25, 0.3) is 21.5 Å². The van der Waals surface area contributed by atoms with E-state index in [1.165, 1.54) is 0 Å². The van der Waals surface area contributed by atoms with Crippen molar-refractivity contribution in [3.05, 3.63) is 150 Å². The lowest BCUT2D eigenvalue weighted by Crippen LogP contribution is -2.14. The summed E-state index contributed by atoms with van der Waals surface area (Å²) in [5, 5.41) is 13.9. The summed E-state index contributed by atoms with van der Waals surface area (Å²) in [7, 11) is 0. The first kappa shape index (κ1) is 24.8. The minimum atomic E-state index is -0.519. The van der Waals surface area contributed by atoms with E-state index in [1.54, 1.807) is 12.1 Å². The Balaban J connectivity index is 0.000000529. The number of fused-ring (bicyclic) bond motifs is 2. The van der Waals surface area contributed by atoms with Crippen LogP contribution in [0.3, 0.4) is 0 Å². The number of benzene rings is 5. The van der Waals surface area contributed by atoms with Crippen LogP contribution in [0.4, 0.5) is 0 Å². The maximum atomic E-state index is 13.0. The van der Waals surface area contributed by atoms with E-state index >= 15 is 0 Å². The first-order valence-electron chi connectivity index (χ1n) is 12.7. The molecule has 0 aliphatic rings. The predicted octanol–water partition coefficient (Wildman–Crippen LogP) is 7.98. The van der Waals surface area contributed by atoms with Gasteiger partial charge in [-0.2, -0.15) is 0 Å². The van der Waals surface area contributed by atoms with Crippen molar-refractivity contribution < 1.29 is 14.6 Å². The van der Waals surface area contributed by atoms with Gasteiger partial charge in [0, 0.05) is 29.9 Å². The number of carbonyl (C=O) groups is 1. The molecule has 6 aromatic rings. The molecule has 0 spiro atoms. The smallest absolute Gasteiger partial charge is 0.307 e. The Morgan fingerprint density at radius 3 is 1.71 bits per heavy atom. The summed E-state index contributed by atoms with van der Waals surface area (Å²) in [6, 6.07) is 39.4. The van der Waals surface area contributed by atoms with E-state index in [2.05, 4.69) is 41.4 Å². The van der Waals surface area contributed by atoms with Crippen LogP contribution < -0.4 is 0 Å². The van der Waals surface area contributed by atoms with Gasteiger partial charge in [0.1, 0.15) is 5.75 Å². The fourth-order valence-corrected chi connectivity index (χ4v) is 4.63. The van der Waals surface area contributed by atoms with Gasteiger partial charge in [-0.3, -0.25) is 4.79 Å². The average molecular weight is 500 g/mol. The van der Waals surface area contributed by atoms with Crippen LogP contribution in [-0.4, -0.2) is 16.1 Å². The standard InChI is InChI=1S/C30H24O3.C4H5N/c31-24-18-15-21(16-19-24)17-20-29(32)33-30(27-13-5-9-22-7-1-3-11-25(22)27)28-14-6-10-23-8-2-4-12-26(23)28;1-2-4-5-3-1/h1-16,18-19,30-31H,17,20H2;1-5H. The fraction of sp³-hybridized carbons (Fsp3) is 0.0882. The number of phenols is 1. The molecule has 0 fully saturated rings. The highest BCUT2D eigenvalue weighted by Crippen LogP contribution is 2.36. The fourth-order valence-electron chi connectivity index (χ4n) is 4.63. The molecule has 0 saturated carbocycles. The molecule has 5 aromatic carbocycles. The van der Waals surface area contributed by atoms with Gasteiger partial charge in [0.25, 0.3) is 0 Å². The Bertz CT molecular complexity index is 1510. The van der Waals surface area contributed by atoms with Crippen molar-refractivity contribution in [2.24, 2.45) is 0 Å². The number of ether oxygens (including phenoxy) is 1. The van der Waals surface area contributed by atoms with E-state index in [4.69, 9.17) is 4.74 Å². The van der Waals surface area contributed by atoms with Crippen LogP contribution in [0, 0.1) is 0 Å². The molecule has 0 atom stereocenters. The van der Waals surface area contributed by atoms with E-state index in [1.807, 2.05) is 85.2 Å². The highest BCUT2D eigenvalue weighted by Gasteiger charge is 2.23. The number of aryl methyl sites for hydroxylation is 1. The number of rotatable bonds is 6. The number of carbonyl (C=O) groups excluding carboxylic acids is 1. The summed E-state index contributed by atoms with van der Waals surface area (Å²) in [6.45, 7) is 0. The zero-order valence-corrected chi connectivity index (χ0v) is 21.0. The number of hydrogen-bond donors (Lipinski definition) is 2. The average Bonchev–Trinajstić information content (AvgIpc) is 3.56. The van der Waals surface area contributed by atoms with Gasteiger partial charge in [-0.1, -0.05) is 97.1 Å². The second-order valence-electron chi connectivity index (χ2n) is 9.06. The van der Waals surface area contributed by atoms with Crippen molar-refractivity contribution in [3.63, 3.8) is 0 Å². The minimum Gasteiger partial charge on any atom is -0.508 e. The van der Waals surface area contributed by atoms with E-state index in [9.17, 15) is 9.90 Å². The SMILES string of the molecule is O=C(CCc1ccc(O)cc1)OC(c1cccc2ccccc12)c1cccc2ccccc12.c1cc[nH]c1. The lowest BCUT2D eigenvalue weighted by Gasteiger charge is -2.22. The van der Waals surface area contributed by atoms with Gasteiger partial charge in [-0.15, -0.1) is 0 Å². The van der Waals surface area contributed by atoms with Gasteiger partial charge in [-0.05, 0) is 57.8 Å². The third kappa shape index (κ3) is 5.93. The molecular formula is C34H29NO3. The maximum absolute atomic E-state index is 13.0. The molecule has 4 nitrogen and oxygen atoms in total. The third-order valence-electron chi connectivity index (χ3n) is 6.51. The summed E-state index contributed by atoms with van der Waals surface area (Å²) in [4.78, 5) is 15.9. The number of aromatic hydroxyl groups is 1. The van der Waals surface area contributed by atoms with Gasteiger partial charge in [0.15, 0.2) is 6.10 Å². The summed E-state index contributed by atoms with van der Waals surface area (Å²) in [5.74, 6) is -0.0396. The van der Waals surface area contributed by atoms with E-state index in [-0.39, 0.29) is 18.1 Å². The molecule has 0 bridgehead atoms. The molecule has 2 N–H and O–H groups in total. The molecule has 0 aliphatic heterocycles. The molecule has 4 heteroatoms. The van der Waals surface area contributed by atoms with Crippen LogP contribution in [0.1, 0.15) is 29.2 Å². The van der Waals surface area contributed by atoms with Crippen LogP contribution >= 0.6 is 0 Å². The van der Waals surface area contributed by atoms with Crippen LogP contribution in [0.5, 0.6) is 5.75 Å². The summed E-state index contributed by atoms with van der Waals surface area (Å²) >= 11 is 0. The minimum absolute atomic E-state index is 0.216. The van der Waals surface area contributed by atoms with E-state index < -0.39 is 6.10 Å². The monoisotopic (exact) mass is 499 g/mol. The molecule has 6 rings (SSSR count). The van der Waals surface area contributed by atoms with Gasteiger partial charge in [-0.25, -0.2) is 0 Å². The van der Waals surface area contributed by atoms with Crippen molar-refractivity contribution in [3.8, 4) is 5.75 Å². The van der Waals surface area contributed by atoms with Gasteiger partial charge in [0.05, 0.1) is 0 Å². The molecule has 0 radical (unpaired) electrons. The Morgan fingerprint density at radius 1 is 0.658 bits per heavy atom. The number of aromatic amines is 1. The molecule has 0 aliphatic carbocycles. The van der Waals surface area contributed by atoms with Gasteiger partial charge >= 0.3 is 5.97 Å². The molecule has 1 heterocycles. The molecule has 1 aromatic heterocycles. The third-order valence-corrected chi connectivity index (χ3v) is 6.51. The highest BCUT2D eigenvalue weighted by atomic mass is 16.5. The van der Waals surface area contributed by atoms with Crippen LogP contribution in [-0.2, 0) is 16.0 Å². The van der Waals surface area contributed by atoms with Gasteiger partial charge in [0.2, 0.25) is 0 Å². The van der Waals surface area contributed by atoms with Crippen molar-refractivity contribution in [2.75, 3.05) is 0 Å². The number of phenolic OH excluding ortho intramolecular Hbond substituents is 1. The number of aromatic nitrogens is 1. The Kier molecular flexibility index (Phi) is 7.80. The number of esters is 1. The zero-order chi connectivity index (χ0) is 26.2. The maximum Gasteiger partial charge on any atom is 0.307 e. The predicted molar refractivity (Wildman–Crippen MR) is 153 cm³/mol. The molecular weight excluding hydrogens is 470 g/mol. The topological polar surface area (TPSA) is 62.3 Å². The zero-order valence-electron chi connectivity index (χ0n) is 21.0. The number of hydrogen-bond acceptors (Lipinski definition) is 3. The van der Waals surface area contributed by atoms with E-state index in [0.29, 0.717) is 6.42 Å². The first-order chi connectivity index (χ1) is 18.7. The molecule has 188 valence electrons. The quantitative estimate of drug-likeness (QED) is 0.228. The van der Waals surface area contributed by atoms with Crippen molar-refractivity contribution in [2.45, 2.75) is 18.9 Å². The van der Waals surface area contributed by atoms with Crippen LogP contribution in [0.15, 0.2) is 134 Å². The number of H-pyrrole nitrogens is 1.